The van der Waals surface area contributed by atoms with E-state index in [2.05, 4.69) is 70.8 Å². The van der Waals surface area contributed by atoms with Crippen molar-refractivity contribution in [3.63, 3.8) is 0 Å². The van der Waals surface area contributed by atoms with E-state index in [1.54, 1.807) is 35.9 Å². The topological polar surface area (TPSA) is 66.3 Å². The summed E-state index contributed by atoms with van der Waals surface area (Å²) in [6.07, 6.45) is 8.05. The molecule has 0 bridgehead atoms. The van der Waals surface area contributed by atoms with Crippen molar-refractivity contribution in [2.24, 2.45) is 0 Å². The number of halogens is 1. The molecule has 42 heavy (non-hydrogen) atoms. The van der Waals surface area contributed by atoms with E-state index in [-0.39, 0.29) is 17.3 Å². The first-order valence-corrected chi connectivity index (χ1v) is 15.0. The Balaban J connectivity index is 1.19. The molecule has 4 heterocycles. The molecule has 0 fully saturated rings. The number of carbonyl (C=O) groups excluding carboxylic acids is 1. The van der Waals surface area contributed by atoms with E-state index in [4.69, 9.17) is 0 Å². The van der Waals surface area contributed by atoms with Crippen LogP contribution in [0.15, 0.2) is 73.2 Å². The van der Waals surface area contributed by atoms with Gasteiger partial charge in [0.15, 0.2) is 0 Å². The second-order valence-electron chi connectivity index (χ2n) is 11.8. The smallest absolute Gasteiger partial charge is 0.246 e. The summed E-state index contributed by atoms with van der Waals surface area (Å²) in [5.74, 6) is 0.599. The zero-order valence-electron chi connectivity index (χ0n) is 24.4. The highest BCUT2D eigenvalue weighted by atomic mass is 32.1. The number of nitrogens with zero attached hydrogens (tertiary/aromatic N) is 5. The lowest BCUT2D eigenvalue weighted by molar-refractivity contribution is -0.126. The molecule has 0 atom stereocenters. The van der Waals surface area contributed by atoms with Crippen molar-refractivity contribution < 1.29 is 9.18 Å². The monoisotopic (exact) mass is 582 g/mol. The lowest BCUT2D eigenvalue weighted by Crippen LogP contribution is -2.38. The number of aromatic nitrogens is 3. The van der Waals surface area contributed by atoms with Crippen LogP contribution in [0.25, 0.3) is 21.1 Å². The van der Waals surface area contributed by atoms with Crippen LogP contribution in [0.1, 0.15) is 36.8 Å². The molecule has 0 unspecified atom stereocenters. The second-order valence-corrected chi connectivity index (χ2v) is 12.9. The Morgan fingerprint density at radius 2 is 2.02 bits per heavy atom. The normalized spacial score (nSPS) is 13.9. The summed E-state index contributed by atoms with van der Waals surface area (Å²) >= 11 is 1.64. The fourth-order valence-corrected chi connectivity index (χ4v) is 6.49. The van der Waals surface area contributed by atoms with E-state index in [1.165, 1.54) is 16.5 Å². The lowest BCUT2D eigenvalue weighted by Gasteiger charge is -2.31. The molecule has 1 amide bonds. The van der Waals surface area contributed by atoms with Gasteiger partial charge in [0.25, 0.3) is 0 Å². The van der Waals surface area contributed by atoms with Gasteiger partial charge in [0.1, 0.15) is 22.8 Å². The van der Waals surface area contributed by atoms with Crippen LogP contribution >= 0.6 is 11.3 Å². The van der Waals surface area contributed by atoms with Gasteiger partial charge in [-0.1, -0.05) is 18.2 Å². The van der Waals surface area contributed by atoms with E-state index in [1.807, 2.05) is 29.3 Å². The van der Waals surface area contributed by atoms with E-state index >= 15 is 0 Å². The van der Waals surface area contributed by atoms with Crippen molar-refractivity contribution in [1.82, 2.24) is 24.3 Å². The van der Waals surface area contributed by atoms with Crippen LogP contribution < -0.4 is 5.32 Å². The third-order valence-corrected chi connectivity index (χ3v) is 9.13. The molecule has 3 aromatic heterocycles. The summed E-state index contributed by atoms with van der Waals surface area (Å²) in [4.78, 5) is 28.3. The molecule has 2 aromatic carbocycles. The fourth-order valence-electron chi connectivity index (χ4n) is 5.29. The number of amides is 1. The summed E-state index contributed by atoms with van der Waals surface area (Å²) in [5, 5.41) is 5.65. The Hall–Kier alpha value is -4.08. The van der Waals surface area contributed by atoms with E-state index in [9.17, 15) is 9.18 Å². The van der Waals surface area contributed by atoms with Gasteiger partial charge >= 0.3 is 0 Å². The number of rotatable bonds is 7. The van der Waals surface area contributed by atoms with Gasteiger partial charge in [-0.3, -0.25) is 9.69 Å². The Labute approximate surface area is 249 Å². The summed E-state index contributed by atoms with van der Waals surface area (Å²) < 4.78 is 15.8. The number of hydrogen-bond donors (Lipinski definition) is 1. The Morgan fingerprint density at radius 3 is 2.83 bits per heavy atom. The molecule has 0 spiro atoms. The molecule has 5 aromatic rings. The van der Waals surface area contributed by atoms with Gasteiger partial charge in [-0.05, 0) is 81.8 Å². The predicted octanol–water partition coefficient (Wildman–Crippen LogP) is 6.75. The molecule has 1 aliphatic rings. The molecule has 1 N–H and O–H groups in total. The molecule has 1 aliphatic heterocycles. The van der Waals surface area contributed by atoms with E-state index in [0.29, 0.717) is 19.6 Å². The number of fused-ring (bicyclic) bond motifs is 4. The number of thiophene rings is 1. The van der Waals surface area contributed by atoms with Crippen LogP contribution in [0.5, 0.6) is 0 Å². The molecule has 6 rings (SSSR count). The van der Waals surface area contributed by atoms with Crippen LogP contribution in [0.4, 0.5) is 15.9 Å². The first-order valence-electron chi connectivity index (χ1n) is 14.2. The Kier molecular flexibility index (Phi) is 7.55. The Bertz CT molecular complexity index is 1800. The SMILES string of the molecule is CN(CC=CC(=O)N1CCc2c(sc3ncnc(Nc4ccc5c(ccn5Cc5cccc(F)c5)c4)c23)C1)C(C)(C)C. The van der Waals surface area contributed by atoms with Gasteiger partial charge < -0.3 is 14.8 Å². The molecule has 0 aliphatic carbocycles. The zero-order chi connectivity index (χ0) is 29.4. The average Bonchev–Trinajstić information content (AvgIpc) is 3.53. The zero-order valence-corrected chi connectivity index (χ0v) is 25.2. The van der Waals surface area contributed by atoms with Gasteiger partial charge in [0, 0.05) is 58.9 Å². The highest BCUT2D eigenvalue weighted by Crippen LogP contribution is 2.38. The highest BCUT2D eigenvalue weighted by molar-refractivity contribution is 7.19. The van der Waals surface area contributed by atoms with Crippen molar-refractivity contribution in [2.75, 3.05) is 25.5 Å². The Morgan fingerprint density at radius 1 is 1.17 bits per heavy atom. The fraction of sp³-hybridized carbons (Fsp3) is 0.303. The van der Waals surface area contributed by atoms with Crippen LogP contribution in [-0.2, 0) is 24.3 Å². The molecule has 7 nitrogen and oxygen atoms in total. The third-order valence-electron chi connectivity index (χ3n) is 8.01. The second kappa shape index (κ2) is 11.3. The number of carbonyl (C=O) groups is 1. The van der Waals surface area contributed by atoms with Crippen molar-refractivity contribution in [3.8, 4) is 0 Å². The first kappa shape index (κ1) is 28.1. The van der Waals surface area contributed by atoms with E-state index < -0.39 is 0 Å². The third kappa shape index (κ3) is 5.80. The number of likely N-dealkylation sites (N-methyl/N-ethyl adjacent to an activating group) is 1. The summed E-state index contributed by atoms with van der Waals surface area (Å²) in [6.45, 7) is 9.06. The maximum Gasteiger partial charge on any atom is 0.246 e. The van der Waals surface area contributed by atoms with Crippen molar-refractivity contribution in [3.05, 3.63) is 95.0 Å². The van der Waals surface area contributed by atoms with Gasteiger partial charge in [0.2, 0.25) is 5.91 Å². The molecule has 216 valence electrons. The molecule has 0 saturated heterocycles. The summed E-state index contributed by atoms with van der Waals surface area (Å²) in [5.41, 5.74) is 4.21. The van der Waals surface area contributed by atoms with Crippen molar-refractivity contribution in [2.45, 2.75) is 45.8 Å². The van der Waals surface area contributed by atoms with Gasteiger partial charge in [-0.15, -0.1) is 11.3 Å². The van der Waals surface area contributed by atoms with E-state index in [0.717, 1.165) is 51.2 Å². The summed E-state index contributed by atoms with van der Waals surface area (Å²) in [6, 6.07) is 15.0. The number of nitrogens with one attached hydrogen (secondary N) is 1. The number of hydrogen-bond acceptors (Lipinski definition) is 6. The molecule has 9 heteroatoms. The maximum atomic E-state index is 13.7. The first-order chi connectivity index (χ1) is 20.2. The van der Waals surface area contributed by atoms with Crippen molar-refractivity contribution in [1.29, 1.82) is 0 Å². The average molecular weight is 583 g/mol. The lowest BCUT2D eigenvalue weighted by atomic mass is 10.0. The minimum absolute atomic E-state index is 0.0440. The predicted molar refractivity (Wildman–Crippen MR) is 169 cm³/mol. The van der Waals surface area contributed by atoms with Crippen LogP contribution in [-0.4, -0.2) is 55.9 Å². The van der Waals surface area contributed by atoms with Crippen LogP contribution in [0, 0.1) is 5.82 Å². The summed E-state index contributed by atoms with van der Waals surface area (Å²) in [7, 11) is 2.06. The highest BCUT2D eigenvalue weighted by Gasteiger charge is 2.26. The van der Waals surface area contributed by atoms with Gasteiger partial charge in [-0.25, -0.2) is 14.4 Å². The standard InChI is InChI=1S/C33H35FN6OS/c1-33(2,3)38(4)14-6-9-29(41)40-16-13-26-28(20-40)42-32-30(26)31(35-21-36-32)37-25-10-11-27-23(18-25)12-15-39(27)19-22-7-5-8-24(34)17-22/h5-12,15,17-18,21H,13-14,16,19-20H2,1-4H3,(H,35,36,37). The quantitative estimate of drug-likeness (QED) is 0.215. The largest absolute Gasteiger partial charge is 0.343 e. The molecular formula is C33H35FN6OS. The number of anilines is 2. The minimum Gasteiger partial charge on any atom is -0.343 e. The maximum absolute atomic E-state index is 13.7. The molecular weight excluding hydrogens is 547 g/mol. The van der Waals surface area contributed by atoms with Crippen LogP contribution in [0.3, 0.4) is 0 Å². The van der Waals surface area contributed by atoms with Crippen LogP contribution in [0.2, 0.25) is 0 Å². The number of benzene rings is 2. The van der Waals surface area contributed by atoms with Gasteiger partial charge in [-0.2, -0.15) is 0 Å². The minimum atomic E-state index is -0.224. The van der Waals surface area contributed by atoms with Gasteiger partial charge in [0.05, 0.1) is 11.9 Å². The molecule has 0 saturated carbocycles. The molecule has 0 radical (unpaired) electrons. The van der Waals surface area contributed by atoms with Crippen molar-refractivity contribution >= 4 is 49.9 Å².